The van der Waals surface area contributed by atoms with E-state index in [1.807, 2.05) is 24.3 Å². The number of hydrogen-bond acceptors (Lipinski definition) is 3. The minimum absolute atomic E-state index is 0.316. The zero-order chi connectivity index (χ0) is 16.5. The second-order valence-electron chi connectivity index (χ2n) is 5.57. The highest BCUT2D eigenvalue weighted by molar-refractivity contribution is 7.92. The van der Waals surface area contributed by atoms with Crippen molar-refractivity contribution in [2.75, 3.05) is 0 Å². The number of benzene rings is 2. The van der Waals surface area contributed by atoms with Crippen LogP contribution in [0.1, 0.15) is 39.0 Å². The molecular formula is C19H24O3S. The predicted molar refractivity (Wildman–Crippen MR) is 93.2 cm³/mol. The molecule has 23 heavy (non-hydrogen) atoms. The minimum atomic E-state index is -3.51. The Hall–Kier alpha value is -1.81. The Morgan fingerprint density at radius 3 is 2.09 bits per heavy atom. The lowest BCUT2D eigenvalue weighted by Crippen LogP contribution is -2.27. The molecule has 0 fully saturated rings. The number of para-hydroxylation sites is 1. The van der Waals surface area contributed by atoms with Gasteiger partial charge in [-0.15, -0.1) is 0 Å². The Balaban J connectivity index is 2.18. The lowest BCUT2D eigenvalue weighted by Gasteiger charge is -2.19. The first-order chi connectivity index (χ1) is 11.1. The summed E-state index contributed by atoms with van der Waals surface area (Å²) < 4.78 is 31.6. The van der Waals surface area contributed by atoms with Crippen LogP contribution in [0.2, 0.25) is 0 Å². The fraction of sp³-hybridized carbons (Fsp3) is 0.368. The minimum Gasteiger partial charge on any atom is -0.474 e. The molecule has 0 radical (unpaired) electrons. The van der Waals surface area contributed by atoms with Gasteiger partial charge < -0.3 is 4.74 Å². The Morgan fingerprint density at radius 2 is 1.48 bits per heavy atom. The molecule has 0 heterocycles. The molecule has 0 spiro atoms. The SMILES string of the molecule is CCCCCCC(Oc1ccccc1)S(=O)(=O)c1ccccc1. The van der Waals surface area contributed by atoms with Crippen LogP contribution in [0.4, 0.5) is 0 Å². The van der Waals surface area contributed by atoms with E-state index in [2.05, 4.69) is 6.92 Å². The molecule has 4 heteroatoms. The van der Waals surface area contributed by atoms with Crippen LogP contribution in [0.25, 0.3) is 0 Å². The van der Waals surface area contributed by atoms with Crippen molar-refractivity contribution >= 4 is 9.84 Å². The molecule has 0 aliphatic rings. The van der Waals surface area contributed by atoms with Gasteiger partial charge in [-0.1, -0.05) is 62.6 Å². The fourth-order valence-electron chi connectivity index (χ4n) is 2.43. The summed E-state index contributed by atoms with van der Waals surface area (Å²) in [5.41, 5.74) is -0.843. The van der Waals surface area contributed by atoms with Crippen LogP contribution >= 0.6 is 0 Å². The first kappa shape index (κ1) is 17.5. The van der Waals surface area contributed by atoms with Crippen molar-refractivity contribution in [1.29, 1.82) is 0 Å². The smallest absolute Gasteiger partial charge is 0.216 e. The van der Waals surface area contributed by atoms with Crippen molar-refractivity contribution in [3.05, 3.63) is 60.7 Å². The maximum Gasteiger partial charge on any atom is 0.216 e. The third-order valence-electron chi connectivity index (χ3n) is 3.72. The number of ether oxygens (including phenoxy) is 1. The quantitative estimate of drug-likeness (QED) is 0.617. The molecule has 2 aromatic rings. The van der Waals surface area contributed by atoms with Gasteiger partial charge in [-0.25, -0.2) is 8.42 Å². The van der Waals surface area contributed by atoms with Crippen LogP contribution in [0.5, 0.6) is 5.75 Å². The van der Waals surface area contributed by atoms with Gasteiger partial charge in [0.2, 0.25) is 15.3 Å². The fourth-order valence-corrected chi connectivity index (χ4v) is 3.98. The van der Waals surface area contributed by atoms with Crippen LogP contribution in [0.15, 0.2) is 65.6 Å². The van der Waals surface area contributed by atoms with Crippen molar-refractivity contribution in [1.82, 2.24) is 0 Å². The molecule has 1 atom stereocenters. The molecular weight excluding hydrogens is 308 g/mol. The van der Waals surface area contributed by atoms with E-state index in [1.54, 1.807) is 36.4 Å². The molecule has 0 amide bonds. The predicted octanol–water partition coefficient (Wildman–Crippen LogP) is 4.84. The van der Waals surface area contributed by atoms with Crippen LogP contribution in [-0.2, 0) is 9.84 Å². The van der Waals surface area contributed by atoms with Crippen molar-refractivity contribution in [3.8, 4) is 5.75 Å². The largest absolute Gasteiger partial charge is 0.474 e. The van der Waals surface area contributed by atoms with Crippen molar-refractivity contribution in [2.24, 2.45) is 0 Å². The molecule has 0 saturated heterocycles. The number of hydrogen-bond donors (Lipinski definition) is 0. The Kier molecular flexibility index (Phi) is 6.66. The lowest BCUT2D eigenvalue weighted by molar-refractivity contribution is 0.257. The Morgan fingerprint density at radius 1 is 0.870 bits per heavy atom. The Labute approximate surface area is 139 Å². The third kappa shape index (κ3) is 5.10. The summed E-state index contributed by atoms with van der Waals surface area (Å²) in [4.78, 5) is 0.316. The normalized spacial score (nSPS) is 12.7. The van der Waals surface area contributed by atoms with Crippen LogP contribution < -0.4 is 4.74 Å². The number of sulfone groups is 1. The molecule has 0 aliphatic carbocycles. The topological polar surface area (TPSA) is 43.4 Å². The van der Waals surface area contributed by atoms with E-state index in [-0.39, 0.29) is 0 Å². The van der Waals surface area contributed by atoms with Gasteiger partial charge in [0, 0.05) is 0 Å². The maximum absolute atomic E-state index is 12.9. The molecule has 1 unspecified atom stereocenters. The monoisotopic (exact) mass is 332 g/mol. The third-order valence-corrected chi connectivity index (χ3v) is 5.68. The molecule has 2 rings (SSSR count). The first-order valence-electron chi connectivity index (χ1n) is 8.15. The summed E-state index contributed by atoms with van der Waals surface area (Å²) >= 11 is 0. The van der Waals surface area contributed by atoms with Crippen LogP contribution in [0, 0.1) is 0 Å². The maximum atomic E-state index is 12.9. The van der Waals surface area contributed by atoms with Gasteiger partial charge in [-0.2, -0.15) is 0 Å². The molecule has 0 bridgehead atoms. The number of unbranched alkanes of at least 4 members (excludes halogenated alkanes) is 3. The summed E-state index contributed by atoms with van der Waals surface area (Å²) in [6.07, 6.45) is 4.61. The molecule has 124 valence electrons. The van der Waals surface area contributed by atoms with Crippen molar-refractivity contribution in [2.45, 2.75) is 49.4 Å². The summed E-state index contributed by atoms with van der Waals surface area (Å²) in [5, 5.41) is 0. The second kappa shape index (κ2) is 8.73. The lowest BCUT2D eigenvalue weighted by atomic mass is 10.2. The van der Waals surface area contributed by atoms with E-state index in [9.17, 15) is 8.42 Å². The summed E-state index contributed by atoms with van der Waals surface area (Å²) in [6, 6.07) is 17.7. The zero-order valence-electron chi connectivity index (χ0n) is 13.5. The van der Waals surface area contributed by atoms with Crippen LogP contribution in [0.3, 0.4) is 0 Å². The van der Waals surface area contributed by atoms with Gasteiger partial charge in [0.15, 0.2) is 0 Å². The van der Waals surface area contributed by atoms with Gasteiger partial charge in [0.25, 0.3) is 0 Å². The summed E-state index contributed by atoms with van der Waals surface area (Å²) in [5.74, 6) is 0.590. The van der Waals surface area contributed by atoms with Crippen molar-refractivity contribution < 1.29 is 13.2 Å². The van der Waals surface area contributed by atoms with Crippen LogP contribution in [-0.4, -0.2) is 13.9 Å². The van der Waals surface area contributed by atoms with E-state index >= 15 is 0 Å². The van der Waals surface area contributed by atoms with Gasteiger partial charge >= 0.3 is 0 Å². The number of rotatable bonds is 9. The van der Waals surface area contributed by atoms with E-state index < -0.39 is 15.3 Å². The molecule has 3 nitrogen and oxygen atoms in total. The second-order valence-corrected chi connectivity index (χ2v) is 7.66. The van der Waals surface area contributed by atoms with E-state index in [4.69, 9.17) is 4.74 Å². The molecule has 2 aromatic carbocycles. The highest BCUT2D eigenvalue weighted by Crippen LogP contribution is 2.24. The van der Waals surface area contributed by atoms with E-state index in [1.165, 1.54) is 0 Å². The summed E-state index contributed by atoms with van der Waals surface area (Å²) in [6.45, 7) is 2.14. The summed E-state index contributed by atoms with van der Waals surface area (Å²) in [7, 11) is -3.51. The zero-order valence-corrected chi connectivity index (χ0v) is 14.3. The van der Waals surface area contributed by atoms with Gasteiger partial charge in [-0.05, 0) is 37.1 Å². The highest BCUT2D eigenvalue weighted by Gasteiger charge is 2.28. The van der Waals surface area contributed by atoms with Gasteiger partial charge in [0.1, 0.15) is 5.75 Å². The molecule has 0 N–H and O–H groups in total. The Bertz CT molecular complexity index is 666. The first-order valence-corrected chi connectivity index (χ1v) is 9.70. The van der Waals surface area contributed by atoms with Crippen molar-refractivity contribution in [3.63, 3.8) is 0 Å². The van der Waals surface area contributed by atoms with Gasteiger partial charge in [0.05, 0.1) is 4.90 Å². The molecule has 0 aliphatic heterocycles. The van der Waals surface area contributed by atoms with E-state index in [0.29, 0.717) is 17.1 Å². The average molecular weight is 332 g/mol. The van der Waals surface area contributed by atoms with Gasteiger partial charge in [-0.3, -0.25) is 0 Å². The molecule has 0 aromatic heterocycles. The standard InChI is InChI=1S/C19H24O3S/c1-2-3-4-11-16-19(22-17-12-7-5-8-13-17)23(20,21)18-14-9-6-10-15-18/h5-10,12-15,19H,2-4,11,16H2,1H3. The molecule has 0 saturated carbocycles. The van der Waals surface area contributed by atoms with E-state index in [0.717, 1.165) is 25.7 Å². The average Bonchev–Trinajstić information content (AvgIpc) is 2.59. The highest BCUT2D eigenvalue weighted by atomic mass is 32.2.